The van der Waals surface area contributed by atoms with Crippen molar-refractivity contribution < 1.29 is 8.39 Å². The lowest BCUT2D eigenvalue weighted by Crippen LogP contribution is -2.11. The van der Waals surface area contributed by atoms with E-state index in [1.807, 2.05) is 12.1 Å². The molecule has 0 aromatic heterocycles. The van der Waals surface area contributed by atoms with Crippen molar-refractivity contribution in [2.75, 3.05) is 4.90 Å². The molecule has 0 saturated carbocycles. The average molecular weight is 578 g/mol. The van der Waals surface area contributed by atoms with Crippen molar-refractivity contribution in [3.63, 3.8) is 0 Å². The van der Waals surface area contributed by atoms with E-state index in [0.717, 1.165) is 34.6 Å². The molecule has 0 radical (unpaired) electrons. The fraction of sp³-hybridized carbons (Fsp3) is 0.0769. The van der Waals surface area contributed by atoms with Gasteiger partial charge in [0.15, 0.2) is 11.1 Å². The molecule has 0 saturated heterocycles. The highest BCUT2D eigenvalue weighted by Crippen LogP contribution is 2.37. The van der Waals surface area contributed by atoms with Gasteiger partial charge >= 0.3 is 0 Å². The van der Waals surface area contributed by atoms with Crippen molar-refractivity contribution in [3.05, 3.63) is 174 Å². The van der Waals surface area contributed by atoms with E-state index < -0.39 is 11.1 Å². The summed E-state index contributed by atoms with van der Waals surface area (Å²) < 4.78 is 17.1. The molecule has 1 aliphatic heterocycles. The summed E-state index contributed by atoms with van der Waals surface area (Å²) in [7, 11) is 0. The van der Waals surface area contributed by atoms with Crippen molar-refractivity contribution in [2.45, 2.75) is 18.8 Å². The molecule has 43 heavy (non-hydrogen) atoms. The summed E-state index contributed by atoms with van der Waals surface area (Å²) in [5.74, 6) is 0.471. The van der Waals surface area contributed by atoms with Crippen molar-refractivity contribution in [3.8, 4) is 22.3 Å². The standard InChI is InChI=1S/C39H31NO2S/c41-43-28-35-14-11-30(26-36(35)27-42-43)25-29-12-19-37(20-13-29)40(38-21-15-33(16-22-38)31-7-3-1-4-8-31)39-23-17-34(18-24-39)32-9-5-2-6-10-32/h1-24,26H,25,27-28H2. The molecule has 0 bridgehead atoms. The normalized spacial score (nSPS) is 14.2. The molecule has 6 aromatic rings. The van der Waals surface area contributed by atoms with E-state index >= 15 is 0 Å². The maximum absolute atomic E-state index is 11.7. The van der Waals surface area contributed by atoms with Crippen LogP contribution in [0.1, 0.15) is 22.3 Å². The number of hydrogen-bond acceptors (Lipinski definition) is 3. The number of anilines is 3. The van der Waals surface area contributed by atoms with Gasteiger partial charge in [-0.25, -0.2) is 4.21 Å². The third-order valence-electron chi connectivity index (χ3n) is 7.96. The second-order valence-electron chi connectivity index (χ2n) is 10.8. The SMILES string of the molecule is O=S1Cc2ccc(Cc3ccc(N(c4ccc(-c5ccccc5)cc4)c4ccc(-c5ccccc5)cc4)cc3)cc2CO1. The van der Waals surface area contributed by atoms with Gasteiger partial charge in [0.25, 0.3) is 0 Å². The lowest BCUT2D eigenvalue weighted by atomic mass is 9.99. The zero-order valence-electron chi connectivity index (χ0n) is 23.7. The van der Waals surface area contributed by atoms with Crippen LogP contribution in [0.15, 0.2) is 152 Å². The maximum atomic E-state index is 11.7. The lowest BCUT2D eigenvalue weighted by molar-refractivity contribution is 0.327. The molecule has 3 nitrogen and oxygen atoms in total. The first kappa shape index (κ1) is 27.1. The summed E-state index contributed by atoms with van der Waals surface area (Å²) in [5.41, 5.74) is 12.8. The van der Waals surface area contributed by atoms with Gasteiger partial charge in [0.05, 0.1) is 12.4 Å². The third-order valence-corrected chi connectivity index (χ3v) is 8.89. The summed E-state index contributed by atoms with van der Waals surface area (Å²) in [6, 6.07) is 53.8. The minimum absolute atomic E-state index is 0.413. The van der Waals surface area contributed by atoms with E-state index in [1.165, 1.54) is 33.4 Å². The van der Waals surface area contributed by atoms with Gasteiger partial charge < -0.3 is 4.90 Å². The van der Waals surface area contributed by atoms with Crippen LogP contribution >= 0.6 is 0 Å². The highest BCUT2D eigenvalue weighted by Gasteiger charge is 2.16. The Morgan fingerprint density at radius 1 is 0.512 bits per heavy atom. The predicted molar refractivity (Wildman–Crippen MR) is 178 cm³/mol. The topological polar surface area (TPSA) is 29.5 Å². The smallest absolute Gasteiger partial charge is 0.160 e. The molecular weight excluding hydrogens is 547 g/mol. The Kier molecular flexibility index (Phi) is 7.70. The van der Waals surface area contributed by atoms with Gasteiger partial charge in [-0.15, -0.1) is 0 Å². The van der Waals surface area contributed by atoms with Crippen molar-refractivity contribution >= 4 is 28.1 Å². The molecule has 0 spiro atoms. The Bertz CT molecular complexity index is 1770. The van der Waals surface area contributed by atoms with Gasteiger partial charge in [-0.3, -0.25) is 4.18 Å². The minimum atomic E-state index is -1.21. The van der Waals surface area contributed by atoms with E-state index in [4.69, 9.17) is 4.18 Å². The first-order valence-electron chi connectivity index (χ1n) is 14.5. The molecule has 7 rings (SSSR count). The number of nitrogens with zero attached hydrogens (tertiary/aromatic N) is 1. The molecule has 0 amide bonds. The molecule has 0 fully saturated rings. The van der Waals surface area contributed by atoms with Crippen LogP contribution in [0.3, 0.4) is 0 Å². The van der Waals surface area contributed by atoms with E-state index in [9.17, 15) is 4.21 Å². The monoisotopic (exact) mass is 577 g/mol. The quantitative estimate of drug-likeness (QED) is 0.189. The van der Waals surface area contributed by atoms with E-state index in [2.05, 4.69) is 144 Å². The minimum Gasteiger partial charge on any atom is -0.311 e. The molecule has 1 unspecified atom stereocenters. The zero-order chi connectivity index (χ0) is 29.0. The molecule has 0 N–H and O–H groups in total. The van der Waals surface area contributed by atoms with Crippen LogP contribution in [-0.2, 0) is 34.0 Å². The first-order valence-corrected chi connectivity index (χ1v) is 15.8. The second-order valence-corrected chi connectivity index (χ2v) is 11.9. The Hall–Kier alpha value is -4.77. The highest BCUT2D eigenvalue weighted by atomic mass is 32.2. The van der Waals surface area contributed by atoms with Gasteiger partial charge in [0.2, 0.25) is 0 Å². The summed E-state index contributed by atoms with van der Waals surface area (Å²) in [4.78, 5) is 2.31. The molecule has 1 aliphatic rings. The largest absolute Gasteiger partial charge is 0.311 e. The molecule has 1 atom stereocenters. The molecule has 1 heterocycles. The Morgan fingerprint density at radius 3 is 1.51 bits per heavy atom. The number of benzene rings is 6. The zero-order valence-corrected chi connectivity index (χ0v) is 24.5. The molecule has 4 heteroatoms. The molecule has 0 aliphatic carbocycles. The Balaban J connectivity index is 1.19. The summed E-state index contributed by atoms with van der Waals surface area (Å²) in [6.45, 7) is 0.413. The van der Waals surface area contributed by atoms with Crippen LogP contribution in [0.5, 0.6) is 0 Å². The molecule has 210 valence electrons. The maximum Gasteiger partial charge on any atom is 0.160 e. The number of rotatable bonds is 7. The predicted octanol–water partition coefficient (Wildman–Crippen LogP) is 9.78. The van der Waals surface area contributed by atoms with Crippen molar-refractivity contribution in [2.24, 2.45) is 0 Å². The van der Waals surface area contributed by atoms with Crippen LogP contribution < -0.4 is 4.90 Å². The van der Waals surface area contributed by atoms with Crippen LogP contribution in [0.25, 0.3) is 22.3 Å². The second kappa shape index (κ2) is 12.2. The highest BCUT2D eigenvalue weighted by molar-refractivity contribution is 7.79. The summed E-state index contributed by atoms with van der Waals surface area (Å²) >= 11 is -1.21. The van der Waals surface area contributed by atoms with Crippen LogP contribution in [0.4, 0.5) is 17.1 Å². The fourth-order valence-electron chi connectivity index (χ4n) is 5.68. The first-order chi connectivity index (χ1) is 21.2. The van der Waals surface area contributed by atoms with Crippen LogP contribution in [0, 0.1) is 0 Å². The van der Waals surface area contributed by atoms with Gasteiger partial charge in [-0.2, -0.15) is 0 Å². The van der Waals surface area contributed by atoms with Gasteiger partial charge in [-0.05, 0) is 87.3 Å². The van der Waals surface area contributed by atoms with Gasteiger partial charge in [-0.1, -0.05) is 115 Å². The van der Waals surface area contributed by atoms with E-state index in [0.29, 0.717) is 12.4 Å². The fourth-order valence-corrected chi connectivity index (χ4v) is 6.55. The van der Waals surface area contributed by atoms with Gasteiger partial charge in [0.1, 0.15) is 0 Å². The van der Waals surface area contributed by atoms with E-state index in [1.54, 1.807) is 0 Å². The number of fused-ring (bicyclic) bond motifs is 1. The molecule has 6 aromatic carbocycles. The van der Waals surface area contributed by atoms with E-state index in [-0.39, 0.29) is 0 Å². The third kappa shape index (κ3) is 6.07. The van der Waals surface area contributed by atoms with Gasteiger partial charge in [0, 0.05) is 17.1 Å². The molecular formula is C39H31NO2S. The number of hydrogen-bond donors (Lipinski definition) is 0. The van der Waals surface area contributed by atoms with Crippen LogP contribution in [0.2, 0.25) is 0 Å². The average Bonchev–Trinajstić information content (AvgIpc) is 3.07. The lowest BCUT2D eigenvalue weighted by Gasteiger charge is -2.26. The van der Waals surface area contributed by atoms with Crippen LogP contribution in [-0.4, -0.2) is 4.21 Å². The Labute approximate surface area is 255 Å². The summed E-state index contributed by atoms with van der Waals surface area (Å²) in [5, 5.41) is 0. The van der Waals surface area contributed by atoms with Crippen molar-refractivity contribution in [1.82, 2.24) is 0 Å². The van der Waals surface area contributed by atoms with Crippen molar-refractivity contribution in [1.29, 1.82) is 0 Å². The summed E-state index contributed by atoms with van der Waals surface area (Å²) in [6.07, 6.45) is 0.828. The Morgan fingerprint density at radius 2 is 0.977 bits per heavy atom.